The number of nitrogens with zero attached hydrogens (tertiary/aromatic N) is 1. The van der Waals surface area contributed by atoms with Crippen LogP contribution in [0.3, 0.4) is 0 Å². The summed E-state index contributed by atoms with van der Waals surface area (Å²) in [6.45, 7) is 11.4. The van der Waals surface area contributed by atoms with Gasteiger partial charge in [-0.3, -0.25) is 4.79 Å². The van der Waals surface area contributed by atoms with Crippen molar-refractivity contribution in [3.63, 3.8) is 0 Å². The fourth-order valence-corrected chi connectivity index (χ4v) is 3.83. The third-order valence-electron chi connectivity index (χ3n) is 5.44. The number of alkyl halides is 1. The number of rotatable bonds is 3. The van der Waals surface area contributed by atoms with E-state index >= 15 is 4.39 Å². The van der Waals surface area contributed by atoms with Gasteiger partial charge in [0.15, 0.2) is 0 Å². The zero-order valence-corrected chi connectivity index (χ0v) is 19.2. The van der Waals surface area contributed by atoms with Crippen LogP contribution in [0.2, 0.25) is 0 Å². The van der Waals surface area contributed by atoms with Crippen molar-refractivity contribution in [3.8, 4) is 0 Å². The third kappa shape index (κ3) is 4.29. The first kappa shape index (κ1) is 22.8. The van der Waals surface area contributed by atoms with E-state index < -0.39 is 29.3 Å². The smallest absolute Gasteiger partial charge is 0.408 e. The molecule has 3 rings (SSSR count). The van der Waals surface area contributed by atoms with E-state index in [9.17, 15) is 9.59 Å². The van der Waals surface area contributed by atoms with E-state index in [1.807, 2.05) is 12.1 Å². The lowest BCUT2D eigenvalue weighted by Crippen LogP contribution is -2.48. The number of amides is 2. The summed E-state index contributed by atoms with van der Waals surface area (Å²) in [4.78, 5) is 27.1. The molecule has 2 atom stereocenters. The molecule has 1 N–H and O–H groups in total. The molecule has 0 saturated carbocycles. The number of likely N-dealkylation sites (N-methyl/N-ethyl adjacent to an activating group) is 1. The van der Waals surface area contributed by atoms with Gasteiger partial charge >= 0.3 is 6.09 Å². The number of para-hydroxylation sites is 1. The molecule has 1 heterocycles. The standard InChI is InChI=1S/C25H31FN2O3/c1-23(2,3)17-14-12-16(13-15-17)20(27-22(30)31-24(4,5)6)25(26)18-10-8-9-11-19(18)28(7)21(25)29/h8-15,20H,1-7H3,(H,27,30)/t20?,25-/m0/s1. The first-order valence-electron chi connectivity index (χ1n) is 10.4. The van der Waals surface area contributed by atoms with E-state index in [4.69, 9.17) is 4.74 Å². The summed E-state index contributed by atoms with van der Waals surface area (Å²) in [6.07, 6.45) is -0.783. The van der Waals surface area contributed by atoms with Gasteiger partial charge in [-0.25, -0.2) is 9.18 Å². The summed E-state index contributed by atoms with van der Waals surface area (Å²) in [6, 6.07) is 12.8. The predicted octanol–water partition coefficient (Wildman–Crippen LogP) is 5.39. The maximum atomic E-state index is 16.8. The van der Waals surface area contributed by atoms with E-state index in [1.54, 1.807) is 57.2 Å². The topological polar surface area (TPSA) is 58.6 Å². The Morgan fingerprint density at radius 2 is 1.61 bits per heavy atom. The molecule has 1 aliphatic heterocycles. The summed E-state index contributed by atoms with van der Waals surface area (Å²) >= 11 is 0. The van der Waals surface area contributed by atoms with Crippen LogP contribution >= 0.6 is 0 Å². The van der Waals surface area contributed by atoms with Crippen molar-refractivity contribution in [2.75, 3.05) is 11.9 Å². The third-order valence-corrected chi connectivity index (χ3v) is 5.44. The molecule has 0 spiro atoms. The van der Waals surface area contributed by atoms with Crippen molar-refractivity contribution >= 4 is 17.7 Å². The number of hydrogen-bond donors (Lipinski definition) is 1. The van der Waals surface area contributed by atoms with E-state index in [2.05, 4.69) is 26.1 Å². The Morgan fingerprint density at radius 3 is 2.16 bits per heavy atom. The molecule has 0 bridgehead atoms. The number of fused-ring (bicyclic) bond motifs is 1. The molecule has 2 amide bonds. The minimum atomic E-state index is -2.47. The fourth-order valence-electron chi connectivity index (χ4n) is 3.83. The molecule has 1 unspecified atom stereocenters. The Hall–Kier alpha value is -2.89. The van der Waals surface area contributed by atoms with Gasteiger partial charge in [-0.15, -0.1) is 0 Å². The lowest BCUT2D eigenvalue weighted by atomic mass is 9.82. The Bertz CT molecular complexity index is 989. The number of ether oxygens (including phenoxy) is 1. The van der Waals surface area contributed by atoms with E-state index in [0.717, 1.165) is 5.56 Å². The largest absolute Gasteiger partial charge is 0.444 e. The molecule has 5 nitrogen and oxygen atoms in total. The van der Waals surface area contributed by atoms with Crippen LogP contribution in [0.5, 0.6) is 0 Å². The molecular formula is C25H31FN2O3. The van der Waals surface area contributed by atoms with E-state index in [0.29, 0.717) is 11.3 Å². The molecule has 0 fully saturated rings. The molecule has 0 radical (unpaired) electrons. The molecule has 2 aromatic carbocycles. The Balaban J connectivity index is 2.10. The van der Waals surface area contributed by atoms with Crippen molar-refractivity contribution in [1.29, 1.82) is 0 Å². The maximum Gasteiger partial charge on any atom is 0.408 e. The number of halogens is 1. The minimum absolute atomic E-state index is 0.0873. The molecule has 166 valence electrons. The quantitative estimate of drug-likeness (QED) is 0.716. The van der Waals surface area contributed by atoms with Crippen molar-refractivity contribution in [1.82, 2.24) is 5.32 Å². The van der Waals surface area contributed by atoms with Crippen LogP contribution in [-0.2, 0) is 20.6 Å². The average Bonchev–Trinajstić information content (AvgIpc) is 2.87. The number of benzene rings is 2. The monoisotopic (exact) mass is 426 g/mol. The minimum Gasteiger partial charge on any atom is -0.444 e. The van der Waals surface area contributed by atoms with Crippen LogP contribution in [0.25, 0.3) is 0 Å². The Morgan fingerprint density at radius 1 is 1.03 bits per heavy atom. The maximum absolute atomic E-state index is 16.8. The second kappa shape index (κ2) is 7.66. The number of alkyl carbamates (subject to hydrolysis) is 1. The van der Waals surface area contributed by atoms with Gasteiger partial charge < -0.3 is 15.0 Å². The molecule has 2 aromatic rings. The van der Waals surface area contributed by atoms with Gasteiger partial charge in [0.1, 0.15) is 11.6 Å². The van der Waals surface area contributed by atoms with Crippen LogP contribution in [0.4, 0.5) is 14.9 Å². The lowest BCUT2D eigenvalue weighted by molar-refractivity contribution is -0.131. The molecule has 1 aliphatic rings. The van der Waals surface area contributed by atoms with Crippen LogP contribution in [-0.4, -0.2) is 24.6 Å². The Labute approximate surface area is 183 Å². The van der Waals surface area contributed by atoms with Crippen LogP contribution in [0, 0.1) is 0 Å². The normalized spacial score (nSPS) is 19.7. The molecule has 31 heavy (non-hydrogen) atoms. The number of nitrogens with one attached hydrogen (secondary N) is 1. The summed E-state index contributed by atoms with van der Waals surface area (Å²) in [5, 5.41) is 2.64. The average molecular weight is 427 g/mol. The lowest BCUT2D eigenvalue weighted by Gasteiger charge is -2.32. The molecular weight excluding hydrogens is 395 g/mol. The van der Waals surface area contributed by atoms with Crippen LogP contribution in [0.15, 0.2) is 48.5 Å². The number of carbonyl (C=O) groups is 2. The van der Waals surface area contributed by atoms with Gasteiger partial charge in [0.2, 0.25) is 5.67 Å². The van der Waals surface area contributed by atoms with E-state index in [1.165, 1.54) is 11.9 Å². The van der Waals surface area contributed by atoms with Gasteiger partial charge in [-0.1, -0.05) is 63.2 Å². The van der Waals surface area contributed by atoms with Crippen LogP contribution in [0.1, 0.15) is 64.3 Å². The van der Waals surface area contributed by atoms with Crippen LogP contribution < -0.4 is 10.2 Å². The molecule has 0 saturated heterocycles. The first-order valence-corrected chi connectivity index (χ1v) is 10.4. The second-order valence-electron chi connectivity index (χ2n) is 10.0. The van der Waals surface area contributed by atoms with E-state index in [-0.39, 0.29) is 11.0 Å². The number of anilines is 1. The van der Waals surface area contributed by atoms with Crippen molar-refractivity contribution in [3.05, 3.63) is 65.2 Å². The van der Waals surface area contributed by atoms with Crippen molar-refractivity contribution < 1.29 is 18.7 Å². The molecule has 0 aliphatic carbocycles. The highest BCUT2D eigenvalue weighted by Gasteiger charge is 2.57. The van der Waals surface area contributed by atoms with Crippen molar-refractivity contribution in [2.45, 2.75) is 64.3 Å². The highest BCUT2D eigenvalue weighted by molar-refractivity contribution is 6.07. The first-order chi connectivity index (χ1) is 14.2. The second-order valence-corrected chi connectivity index (χ2v) is 10.0. The van der Waals surface area contributed by atoms with Gasteiger partial charge in [0.05, 0.1) is 5.69 Å². The van der Waals surface area contributed by atoms with Gasteiger partial charge in [-0.2, -0.15) is 0 Å². The highest BCUT2D eigenvalue weighted by atomic mass is 19.1. The van der Waals surface area contributed by atoms with Crippen molar-refractivity contribution in [2.24, 2.45) is 0 Å². The molecule has 0 aromatic heterocycles. The zero-order chi connectivity index (χ0) is 23.2. The SMILES string of the molecule is CN1C(=O)[C@@](F)(C(NC(=O)OC(C)(C)C)c2ccc(C(C)(C)C)cc2)c2ccccc21. The summed E-state index contributed by atoms with van der Waals surface area (Å²) in [5.41, 5.74) is -1.06. The zero-order valence-electron chi connectivity index (χ0n) is 19.2. The summed E-state index contributed by atoms with van der Waals surface area (Å²) in [5.74, 6) is -0.727. The van der Waals surface area contributed by atoms with Gasteiger partial charge in [-0.05, 0) is 43.4 Å². The van der Waals surface area contributed by atoms with Gasteiger partial charge in [0, 0.05) is 12.6 Å². The predicted molar refractivity (Wildman–Crippen MR) is 120 cm³/mol. The Kier molecular flexibility index (Phi) is 5.63. The molecule has 6 heteroatoms. The summed E-state index contributed by atoms with van der Waals surface area (Å²) in [7, 11) is 1.54. The highest BCUT2D eigenvalue weighted by Crippen LogP contribution is 2.49. The summed E-state index contributed by atoms with van der Waals surface area (Å²) < 4.78 is 22.1. The fraction of sp³-hybridized carbons (Fsp3) is 0.440. The van der Waals surface area contributed by atoms with Gasteiger partial charge in [0.25, 0.3) is 5.91 Å². The number of carbonyl (C=O) groups excluding carboxylic acids is 2. The number of hydrogen-bond acceptors (Lipinski definition) is 3.